The van der Waals surface area contributed by atoms with Gasteiger partial charge in [0.2, 0.25) is 5.95 Å². The van der Waals surface area contributed by atoms with Crippen LogP contribution < -0.4 is 5.73 Å². The SMILES string of the molecule is Cc1c(F)c(N)nc(F)c1C1COCCO1. The maximum Gasteiger partial charge on any atom is 0.221 e. The maximum absolute atomic E-state index is 13.6. The van der Waals surface area contributed by atoms with Crippen LogP contribution in [0.1, 0.15) is 17.2 Å². The second kappa shape index (κ2) is 4.31. The number of hydrogen-bond donors (Lipinski definition) is 1. The zero-order valence-electron chi connectivity index (χ0n) is 8.80. The van der Waals surface area contributed by atoms with E-state index >= 15 is 0 Å². The summed E-state index contributed by atoms with van der Waals surface area (Å²) in [5, 5.41) is 0. The van der Waals surface area contributed by atoms with Gasteiger partial charge in [-0.15, -0.1) is 0 Å². The molecule has 0 radical (unpaired) electrons. The molecule has 1 unspecified atom stereocenters. The van der Waals surface area contributed by atoms with E-state index in [9.17, 15) is 8.78 Å². The summed E-state index contributed by atoms with van der Waals surface area (Å²) in [4.78, 5) is 3.31. The second-order valence-electron chi connectivity index (χ2n) is 3.57. The van der Waals surface area contributed by atoms with Crippen molar-refractivity contribution in [2.75, 3.05) is 25.6 Å². The van der Waals surface area contributed by atoms with E-state index in [1.165, 1.54) is 6.92 Å². The van der Waals surface area contributed by atoms with E-state index in [0.29, 0.717) is 13.2 Å². The molecule has 16 heavy (non-hydrogen) atoms. The predicted molar refractivity (Wildman–Crippen MR) is 52.8 cm³/mol. The van der Waals surface area contributed by atoms with Crippen molar-refractivity contribution in [3.05, 3.63) is 22.9 Å². The van der Waals surface area contributed by atoms with E-state index in [4.69, 9.17) is 15.2 Å². The van der Waals surface area contributed by atoms with Gasteiger partial charge in [-0.3, -0.25) is 0 Å². The number of anilines is 1. The van der Waals surface area contributed by atoms with Crippen molar-refractivity contribution >= 4 is 5.82 Å². The molecule has 2 heterocycles. The van der Waals surface area contributed by atoms with E-state index in [1.54, 1.807) is 0 Å². The molecule has 2 N–H and O–H groups in total. The molecule has 0 spiro atoms. The Morgan fingerprint density at radius 3 is 2.75 bits per heavy atom. The number of ether oxygens (including phenoxy) is 2. The normalized spacial score (nSPS) is 21.1. The van der Waals surface area contributed by atoms with Crippen molar-refractivity contribution in [1.82, 2.24) is 4.98 Å². The number of hydrogen-bond acceptors (Lipinski definition) is 4. The largest absolute Gasteiger partial charge is 0.381 e. The van der Waals surface area contributed by atoms with Gasteiger partial charge in [0, 0.05) is 5.56 Å². The fraction of sp³-hybridized carbons (Fsp3) is 0.500. The van der Waals surface area contributed by atoms with Gasteiger partial charge in [-0.2, -0.15) is 9.37 Å². The summed E-state index contributed by atoms with van der Waals surface area (Å²) in [6.07, 6.45) is -0.614. The Balaban J connectivity index is 2.42. The summed E-state index contributed by atoms with van der Waals surface area (Å²) in [6, 6.07) is 0. The molecule has 0 aromatic carbocycles. The van der Waals surface area contributed by atoms with Crippen LogP contribution in [0, 0.1) is 18.7 Å². The number of nitrogen functional groups attached to an aromatic ring is 1. The van der Waals surface area contributed by atoms with Gasteiger partial charge in [0.05, 0.1) is 19.8 Å². The Hall–Kier alpha value is -1.27. The number of rotatable bonds is 1. The van der Waals surface area contributed by atoms with Gasteiger partial charge in [0.15, 0.2) is 11.6 Å². The highest BCUT2D eigenvalue weighted by Gasteiger charge is 2.26. The first-order valence-electron chi connectivity index (χ1n) is 4.91. The second-order valence-corrected chi connectivity index (χ2v) is 3.57. The summed E-state index contributed by atoms with van der Waals surface area (Å²) < 4.78 is 37.5. The third-order valence-corrected chi connectivity index (χ3v) is 2.54. The zero-order chi connectivity index (χ0) is 11.7. The summed E-state index contributed by atoms with van der Waals surface area (Å²) in [5.41, 5.74) is 5.44. The van der Waals surface area contributed by atoms with Crippen molar-refractivity contribution < 1.29 is 18.3 Å². The highest BCUT2D eigenvalue weighted by atomic mass is 19.1. The fourth-order valence-electron chi connectivity index (χ4n) is 1.71. The van der Waals surface area contributed by atoms with Crippen molar-refractivity contribution in [1.29, 1.82) is 0 Å². The van der Waals surface area contributed by atoms with Crippen molar-refractivity contribution in [2.45, 2.75) is 13.0 Å². The van der Waals surface area contributed by atoms with E-state index in [-0.39, 0.29) is 17.7 Å². The van der Waals surface area contributed by atoms with Crippen LogP contribution in [-0.4, -0.2) is 24.8 Å². The predicted octanol–water partition coefficient (Wildman–Crippen LogP) is 1.34. The average molecular weight is 230 g/mol. The molecule has 0 aliphatic carbocycles. The lowest BCUT2D eigenvalue weighted by atomic mass is 10.0. The Kier molecular flexibility index (Phi) is 3.02. The summed E-state index contributed by atoms with van der Waals surface area (Å²) in [7, 11) is 0. The molecule has 0 saturated carbocycles. The molecule has 0 amide bonds. The fourth-order valence-corrected chi connectivity index (χ4v) is 1.71. The van der Waals surface area contributed by atoms with Crippen LogP contribution in [0.15, 0.2) is 0 Å². The third kappa shape index (κ3) is 1.85. The van der Waals surface area contributed by atoms with E-state index < -0.39 is 23.7 Å². The number of nitrogens with two attached hydrogens (primary N) is 1. The van der Waals surface area contributed by atoms with Crippen molar-refractivity contribution in [3.63, 3.8) is 0 Å². The Labute approximate surface area is 91.4 Å². The topological polar surface area (TPSA) is 57.4 Å². The van der Waals surface area contributed by atoms with Crippen LogP contribution in [0.3, 0.4) is 0 Å². The number of nitrogens with zero attached hydrogens (tertiary/aromatic N) is 1. The third-order valence-electron chi connectivity index (χ3n) is 2.54. The zero-order valence-corrected chi connectivity index (χ0v) is 8.80. The Morgan fingerprint density at radius 2 is 2.12 bits per heavy atom. The summed E-state index contributed by atoms with van der Waals surface area (Å²) >= 11 is 0. The Morgan fingerprint density at radius 1 is 1.38 bits per heavy atom. The van der Waals surface area contributed by atoms with Crippen molar-refractivity contribution in [3.8, 4) is 0 Å². The minimum atomic E-state index is -0.799. The van der Waals surface area contributed by atoms with Crippen LogP contribution in [-0.2, 0) is 9.47 Å². The van der Waals surface area contributed by atoms with Gasteiger partial charge in [-0.25, -0.2) is 4.39 Å². The van der Waals surface area contributed by atoms with Crippen LogP contribution in [0.4, 0.5) is 14.6 Å². The first-order valence-corrected chi connectivity index (χ1v) is 4.91. The van der Waals surface area contributed by atoms with Gasteiger partial charge in [-0.05, 0) is 12.5 Å². The van der Waals surface area contributed by atoms with Crippen LogP contribution >= 0.6 is 0 Å². The Bertz CT molecular complexity index is 406. The lowest BCUT2D eigenvalue weighted by molar-refractivity contribution is -0.0918. The average Bonchev–Trinajstić information content (AvgIpc) is 2.28. The van der Waals surface area contributed by atoms with Gasteiger partial charge in [-0.1, -0.05) is 0 Å². The maximum atomic E-state index is 13.6. The number of aromatic nitrogens is 1. The monoisotopic (exact) mass is 230 g/mol. The van der Waals surface area contributed by atoms with E-state index in [0.717, 1.165) is 0 Å². The van der Waals surface area contributed by atoms with Crippen molar-refractivity contribution in [2.24, 2.45) is 0 Å². The van der Waals surface area contributed by atoms with E-state index in [1.807, 2.05) is 0 Å². The number of halogens is 2. The summed E-state index contributed by atoms with van der Waals surface area (Å²) in [6.45, 7) is 2.46. The van der Waals surface area contributed by atoms with E-state index in [2.05, 4.69) is 4.98 Å². The molecule has 2 rings (SSSR count). The minimum absolute atomic E-state index is 0.0893. The highest BCUT2D eigenvalue weighted by molar-refractivity contribution is 5.40. The molecule has 1 atom stereocenters. The molecule has 1 aliphatic heterocycles. The quantitative estimate of drug-likeness (QED) is 0.739. The smallest absolute Gasteiger partial charge is 0.221 e. The summed E-state index contributed by atoms with van der Waals surface area (Å²) in [5.74, 6) is -1.94. The molecular formula is C10H12F2N2O2. The molecule has 1 aromatic heterocycles. The van der Waals surface area contributed by atoms with Crippen LogP contribution in [0.2, 0.25) is 0 Å². The molecule has 6 heteroatoms. The standard InChI is InChI=1S/C10H12F2N2O2/c1-5-7(6-4-15-2-3-16-6)9(12)14-10(13)8(5)11/h6H,2-4H2,1H3,(H2,13,14). The first-order chi connectivity index (χ1) is 7.61. The molecule has 1 fully saturated rings. The molecular weight excluding hydrogens is 218 g/mol. The lowest BCUT2D eigenvalue weighted by Gasteiger charge is -2.24. The first kappa shape index (κ1) is 11.2. The van der Waals surface area contributed by atoms with Gasteiger partial charge in [0.25, 0.3) is 0 Å². The highest BCUT2D eigenvalue weighted by Crippen LogP contribution is 2.28. The van der Waals surface area contributed by atoms with Gasteiger partial charge >= 0.3 is 0 Å². The minimum Gasteiger partial charge on any atom is -0.381 e. The van der Waals surface area contributed by atoms with Gasteiger partial charge < -0.3 is 15.2 Å². The van der Waals surface area contributed by atoms with Crippen LogP contribution in [0.25, 0.3) is 0 Å². The molecule has 4 nitrogen and oxygen atoms in total. The number of pyridine rings is 1. The molecule has 88 valence electrons. The van der Waals surface area contributed by atoms with Gasteiger partial charge in [0.1, 0.15) is 6.10 Å². The molecule has 1 aromatic rings. The molecule has 0 bridgehead atoms. The molecule has 1 saturated heterocycles. The molecule has 1 aliphatic rings. The lowest BCUT2D eigenvalue weighted by Crippen LogP contribution is -2.24. The van der Waals surface area contributed by atoms with Crippen LogP contribution in [0.5, 0.6) is 0 Å².